The summed E-state index contributed by atoms with van der Waals surface area (Å²) in [6, 6.07) is 28.8. The van der Waals surface area contributed by atoms with Crippen molar-refractivity contribution in [2.45, 2.75) is 10.8 Å². The van der Waals surface area contributed by atoms with Gasteiger partial charge in [0.2, 0.25) is 10.0 Å². The molecule has 166 valence electrons. The molecule has 32 heavy (non-hydrogen) atoms. The van der Waals surface area contributed by atoms with Crippen molar-refractivity contribution in [2.75, 3.05) is 12.9 Å². The molecule has 0 aromatic heterocycles. The summed E-state index contributed by atoms with van der Waals surface area (Å²) >= 11 is 1.47. The Hall–Kier alpha value is -2.87. The van der Waals surface area contributed by atoms with Crippen molar-refractivity contribution in [3.63, 3.8) is 0 Å². The average Bonchev–Trinajstić information content (AvgIpc) is 2.85. The molecule has 5 nitrogen and oxygen atoms in total. The molecule has 1 N–H and O–H groups in total. The summed E-state index contributed by atoms with van der Waals surface area (Å²) in [5.41, 5.74) is 3.03. The molecule has 3 aromatic rings. The van der Waals surface area contributed by atoms with Crippen LogP contribution >= 0.6 is 11.8 Å². The van der Waals surface area contributed by atoms with Crippen LogP contribution in [0.5, 0.6) is 0 Å². The molecule has 0 unspecified atom stereocenters. The maximum Gasteiger partial charge on any atom is 0.324 e. The first-order valence-corrected chi connectivity index (χ1v) is 12.5. The highest BCUT2D eigenvalue weighted by Gasteiger charge is 2.39. The number of thioether (sulfide) groups is 1. The minimum atomic E-state index is -3.84. The largest absolute Gasteiger partial charge is 0.468 e. The number of carbonyl (C=O) groups is 1. The first-order valence-electron chi connectivity index (χ1n) is 9.96. The fourth-order valence-corrected chi connectivity index (χ4v) is 5.84. The third-order valence-electron chi connectivity index (χ3n) is 5.02. The number of benzene rings is 3. The van der Waals surface area contributed by atoms with Gasteiger partial charge in [0.15, 0.2) is 0 Å². The van der Waals surface area contributed by atoms with Crippen molar-refractivity contribution in [3.8, 4) is 0 Å². The number of sulfonamides is 1. The Morgan fingerprint density at radius 3 is 1.69 bits per heavy atom. The molecule has 3 aromatic carbocycles. The van der Waals surface area contributed by atoms with E-state index in [1.165, 1.54) is 18.9 Å². The number of hydrogen-bond acceptors (Lipinski definition) is 5. The smallest absolute Gasteiger partial charge is 0.324 e. The number of methoxy groups -OCH3 is 1. The van der Waals surface area contributed by atoms with Crippen LogP contribution in [-0.4, -0.2) is 33.3 Å². The van der Waals surface area contributed by atoms with Gasteiger partial charge in [-0.05, 0) is 16.7 Å². The van der Waals surface area contributed by atoms with Gasteiger partial charge in [0.1, 0.15) is 6.04 Å². The van der Waals surface area contributed by atoms with Gasteiger partial charge in [0, 0.05) is 11.2 Å². The number of ether oxygens (including phenoxy) is 1. The molecule has 0 fully saturated rings. The molecule has 0 spiro atoms. The Morgan fingerprint density at radius 1 is 0.938 bits per heavy atom. The van der Waals surface area contributed by atoms with Gasteiger partial charge < -0.3 is 4.74 Å². The van der Waals surface area contributed by atoms with Gasteiger partial charge in [0.25, 0.3) is 0 Å². The van der Waals surface area contributed by atoms with Crippen LogP contribution in [0.1, 0.15) is 16.7 Å². The van der Waals surface area contributed by atoms with E-state index in [0.29, 0.717) is 0 Å². The summed E-state index contributed by atoms with van der Waals surface area (Å²) in [7, 11) is -2.60. The predicted octanol–water partition coefficient (Wildman–Crippen LogP) is 4.32. The Morgan fingerprint density at radius 2 is 1.34 bits per heavy atom. The van der Waals surface area contributed by atoms with E-state index < -0.39 is 26.8 Å². The van der Waals surface area contributed by atoms with Crippen LogP contribution in [0.2, 0.25) is 0 Å². The van der Waals surface area contributed by atoms with Crippen molar-refractivity contribution in [2.24, 2.45) is 0 Å². The van der Waals surface area contributed by atoms with Crippen LogP contribution in [0.4, 0.5) is 0 Å². The van der Waals surface area contributed by atoms with Crippen molar-refractivity contribution in [3.05, 3.63) is 120 Å². The third-order valence-corrected chi connectivity index (χ3v) is 7.71. The maximum absolute atomic E-state index is 12.4. The van der Waals surface area contributed by atoms with Crippen molar-refractivity contribution in [1.29, 1.82) is 0 Å². The molecule has 0 amide bonds. The Labute approximate surface area is 193 Å². The lowest BCUT2D eigenvalue weighted by atomic mass is 9.84. The first kappa shape index (κ1) is 23.8. The van der Waals surface area contributed by atoms with E-state index in [4.69, 9.17) is 4.74 Å². The second-order valence-corrected chi connectivity index (χ2v) is 9.89. The molecule has 0 radical (unpaired) electrons. The van der Waals surface area contributed by atoms with E-state index in [2.05, 4.69) is 11.3 Å². The highest BCUT2D eigenvalue weighted by molar-refractivity contribution is 8.00. The molecule has 0 heterocycles. The third kappa shape index (κ3) is 5.30. The van der Waals surface area contributed by atoms with Crippen LogP contribution in [0.15, 0.2) is 103 Å². The topological polar surface area (TPSA) is 72.5 Å². The lowest BCUT2D eigenvalue weighted by Crippen LogP contribution is -2.43. The lowest BCUT2D eigenvalue weighted by Gasteiger charge is -2.36. The molecule has 0 aliphatic rings. The van der Waals surface area contributed by atoms with Gasteiger partial charge in [-0.3, -0.25) is 4.79 Å². The molecular formula is C25H25NO4S2. The van der Waals surface area contributed by atoms with Gasteiger partial charge >= 0.3 is 5.97 Å². The highest BCUT2D eigenvalue weighted by Crippen LogP contribution is 2.48. The monoisotopic (exact) mass is 467 g/mol. The van der Waals surface area contributed by atoms with E-state index in [1.807, 2.05) is 91.0 Å². The first-order chi connectivity index (χ1) is 15.4. The summed E-state index contributed by atoms with van der Waals surface area (Å²) in [5.74, 6) is -0.524. The predicted molar refractivity (Wildman–Crippen MR) is 130 cm³/mol. The fraction of sp³-hybridized carbons (Fsp3) is 0.160. The molecule has 0 aliphatic carbocycles. The van der Waals surface area contributed by atoms with E-state index in [-0.39, 0.29) is 5.75 Å². The zero-order valence-corrected chi connectivity index (χ0v) is 19.3. The zero-order valence-electron chi connectivity index (χ0n) is 17.7. The maximum atomic E-state index is 12.4. The quantitative estimate of drug-likeness (QED) is 0.355. The van der Waals surface area contributed by atoms with Gasteiger partial charge in [-0.15, -0.1) is 11.8 Å². The molecular weight excluding hydrogens is 442 g/mol. The van der Waals surface area contributed by atoms with Crippen LogP contribution in [0.25, 0.3) is 0 Å². The van der Waals surface area contributed by atoms with Gasteiger partial charge in [0.05, 0.1) is 11.9 Å². The highest BCUT2D eigenvalue weighted by atomic mass is 32.2. The number of rotatable bonds is 10. The molecule has 1 atom stereocenters. The Balaban J connectivity index is 2.14. The van der Waals surface area contributed by atoms with Gasteiger partial charge in [-0.25, -0.2) is 8.42 Å². The SMILES string of the molecule is C=CS(=O)(=O)N[C@@H](CSC(c1ccccc1)(c1ccccc1)c1ccccc1)C(=O)OC. The van der Waals surface area contributed by atoms with E-state index in [9.17, 15) is 13.2 Å². The van der Waals surface area contributed by atoms with Crippen LogP contribution < -0.4 is 4.72 Å². The number of hydrogen-bond donors (Lipinski definition) is 1. The summed E-state index contributed by atoms with van der Waals surface area (Å²) in [5, 5.41) is 0.784. The number of esters is 1. The van der Waals surface area contributed by atoms with Gasteiger partial charge in [-0.2, -0.15) is 4.72 Å². The second kappa shape index (κ2) is 10.6. The van der Waals surface area contributed by atoms with E-state index in [0.717, 1.165) is 22.1 Å². The second-order valence-electron chi connectivity index (χ2n) is 7.00. The molecule has 0 bridgehead atoms. The zero-order chi connectivity index (χ0) is 23.0. The summed E-state index contributed by atoms with van der Waals surface area (Å²) in [6.45, 7) is 3.31. The summed E-state index contributed by atoms with van der Waals surface area (Å²) < 4.78 is 30.8. The molecule has 7 heteroatoms. The van der Waals surface area contributed by atoms with Crippen molar-refractivity contribution >= 4 is 27.8 Å². The normalized spacial score (nSPS) is 12.7. The average molecular weight is 468 g/mol. The fourth-order valence-electron chi connectivity index (χ4n) is 3.52. The molecule has 3 rings (SSSR count). The minimum Gasteiger partial charge on any atom is -0.468 e. The van der Waals surface area contributed by atoms with E-state index in [1.54, 1.807) is 0 Å². The van der Waals surface area contributed by atoms with Crippen LogP contribution in [0, 0.1) is 0 Å². The summed E-state index contributed by atoms with van der Waals surface area (Å²) in [6.07, 6.45) is 0. The standard InChI is InChI=1S/C25H25NO4S2/c1-3-32(28,29)26-23(24(27)30-2)19-31-25(20-13-7-4-8-14-20,21-15-9-5-10-16-21)22-17-11-6-12-18-22/h3-18,23,26H,1,19H2,2H3/t23-/m0/s1. The molecule has 0 saturated heterocycles. The number of carbonyl (C=O) groups excluding carboxylic acids is 1. The van der Waals surface area contributed by atoms with Crippen molar-refractivity contribution < 1.29 is 17.9 Å². The molecule has 0 saturated carbocycles. The Kier molecular flexibility index (Phi) is 7.90. The Bertz CT molecular complexity index is 1040. The van der Waals surface area contributed by atoms with E-state index >= 15 is 0 Å². The molecule has 0 aliphatic heterocycles. The van der Waals surface area contributed by atoms with Gasteiger partial charge in [-0.1, -0.05) is 97.6 Å². The van der Waals surface area contributed by atoms with Crippen molar-refractivity contribution in [1.82, 2.24) is 4.72 Å². The van der Waals surface area contributed by atoms with Crippen LogP contribution in [0.3, 0.4) is 0 Å². The summed E-state index contributed by atoms with van der Waals surface area (Å²) in [4.78, 5) is 12.4. The lowest BCUT2D eigenvalue weighted by molar-refractivity contribution is -0.141. The number of nitrogens with one attached hydrogen (secondary N) is 1. The van der Waals surface area contributed by atoms with Crippen LogP contribution in [-0.2, 0) is 24.3 Å². The minimum absolute atomic E-state index is 0.137.